The van der Waals surface area contributed by atoms with E-state index in [1.165, 1.54) is 18.7 Å². The highest BCUT2D eigenvalue weighted by atomic mass is 32.2. The van der Waals surface area contributed by atoms with Crippen LogP contribution in [0, 0.1) is 5.92 Å². The van der Waals surface area contributed by atoms with Crippen LogP contribution in [0.3, 0.4) is 0 Å². The number of thioether (sulfide) groups is 1. The number of rotatable bonds is 6. The molecular formula is C16H18N2O5S. The van der Waals surface area contributed by atoms with Crippen LogP contribution in [-0.2, 0) is 14.4 Å². The number of carboxylic acids is 1. The van der Waals surface area contributed by atoms with Crippen molar-refractivity contribution in [2.24, 2.45) is 5.92 Å². The fourth-order valence-electron chi connectivity index (χ4n) is 2.43. The molecule has 1 saturated heterocycles. The summed E-state index contributed by atoms with van der Waals surface area (Å²) in [5.41, 5.74) is 1.01. The van der Waals surface area contributed by atoms with Gasteiger partial charge in [0.05, 0.1) is 0 Å². The molecule has 1 aromatic rings. The Labute approximate surface area is 143 Å². The van der Waals surface area contributed by atoms with E-state index in [1.807, 2.05) is 0 Å². The largest absolute Gasteiger partial charge is 0.480 e. The maximum atomic E-state index is 12.1. The number of nitrogens with one attached hydrogen (secondary N) is 1. The minimum absolute atomic E-state index is 0.00719. The zero-order chi connectivity index (χ0) is 17.7. The predicted molar refractivity (Wildman–Crippen MR) is 90.0 cm³/mol. The van der Waals surface area contributed by atoms with Gasteiger partial charge in [0, 0.05) is 36.9 Å². The molecule has 0 bridgehead atoms. The minimum Gasteiger partial charge on any atom is -0.480 e. The van der Waals surface area contributed by atoms with Crippen molar-refractivity contribution < 1.29 is 24.3 Å². The van der Waals surface area contributed by atoms with E-state index in [0.717, 1.165) is 0 Å². The number of amides is 2. The maximum Gasteiger partial charge on any atom is 0.322 e. The molecule has 0 aliphatic carbocycles. The molecule has 0 saturated carbocycles. The summed E-state index contributed by atoms with van der Waals surface area (Å²) in [7, 11) is 0. The maximum absolute atomic E-state index is 12.1. The summed E-state index contributed by atoms with van der Waals surface area (Å²) in [5, 5.41) is 10.9. The summed E-state index contributed by atoms with van der Waals surface area (Å²) in [6.07, 6.45) is 0.404. The molecule has 0 radical (unpaired) electrons. The van der Waals surface area contributed by atoms with Crippen molar-refractivity contribution in [2.45, 2.75) is 13.3 Å². The van der Waals surface area contributed by atoms with Crippen LogP contribution in [0.1, 0.15) is 23.7 Å². The Balaban J connectivity index is 1.97. The molecular weight excluding hydrogens is 332 g/mol. The first kappa shape index (κ1) is 18.0. The predicted octanol–water partition coefficient (Wildman–Crippen LogP) is 1.13. The fraction of sp³-hybridized carbons (Fsp3) is 0.375. The molecule has 1 atom stereocenters. The van der Waals surface area contributed by atoms with Gasteiger partial charge in [0.25, 0.3) is 5.91 Å². The summed E-state index contributed by atoms with van der Waals surface area (Å²) in [5.74, 6) is -0.852. The van der Waals surface area contributed by atoms with Gasteiger partial charge >= 0.3 is 5.97 Å². The molecule has 2 amide bonds. The highest BCUT2D eigenvalue weighted by molar-refractivity contribution is 8.13. The Bertz CT molecular complexity index is 659. The van der Waals surface area contributed by atoms with Crippen LogP contribution in [0.5, 0.6) is 0 Å². The summed E-state index contributed by atoms with van der Waals surface area (Å²) in [4.78, 5) is 47.0. The average Bonchev–Trinajstić information content (AvgIpc) is 2.91. The lowest BCUT2D eigenvalue weighted by atomic mass is 10.1. The van der Waals surface area contributed by atoms with Gasteiger partial charge in [0.15, 0.2) is 5.12 Å². The van der Waals surface area contributed by atoms with E-state index in [9.17, 15) is 19.2 Å². The quantitative estimate of drug-likeness (QED) is 0.797. The second-order valence-electron chi connectivity index (χ2n) is 5.50. The lowest BCUT2D eigenvalue weighted by Gasteiger charge is -2.17. The smallest absolute Gasteiger partial charge is 0.322 e. The average molecular weight is 350 g/mol. The number of carbonyl (C=O) groups excluding carboxylic acids is 3. The lowest BCUT2D eigenvalue weighted by Crippen LogP contribution is -2.29. The third-order valence-electron chi connectivity index (χ3n) is 3.57. The van der Waals surface area contributed by atoms with Gasteiger partial charge in [-0.15, -0.1) is 0 Å². The zero-order valence-electron chi connectivity index (χ0n) is 13.2. The van der Waals surface area contributed by atoms with Gasteiger partial charge in [-0.3, -0.25) is 19.2 Å². The van der Waals surface area contributed by atoms with E-state index in [-0.39, 0.29) is 16.9 Å². The van der Waals surface area contributed by atoms with Crippen LogP contribution in [0.4, 0.5) is 5.69 Å². The molecule has 128 valence electrons. The van der Waals surface area contributed by atoms with Crippen LogP contribution >= 0.6 is 11.8 Å². The second kappa shape index (κ2) is 7.96. The summed E-state index contributed by atoms with van der Waals surface area (Å²) < 4.78 is 0. The molecule has 1 aromatic carbocycles. The number of carboxylic acid groups (broad SMARTS) is 1. The normalized spacial score (nSPS) is 17.0. The van der Waals surface area contributed by atoms with Crippen molar-refractivity contribution in [2.75, 3.05) is 23.7 Å². The Morgan fingerprint density at radius 1 is 1.29 bits per heavy atom. The molecule has 1 aliphatic rings. The first-order valence-electron chi connectivity index (χ1n) is 7.40. The first-order chi connectivity index (χ1) is 11.4. The number of benzene rings is 1. The van der Waals surface area contributed by atoms with Gasteiger partial charge in [0.2, 0.25) is 5.91 Å². The van der Waals surface area contributed by atoms with Crippen LogP contribution in [0.25, 0.3) is 0 Å². The molecule has 1 fully saturated rings. The van der Waals surface area contributed by atoms with E-state index >= 15 is 0 Å². The monoisotopic (exact) mass is 350 g/mol. The fourth-order valence-corrected chi connectivity index (χ4v) is 3.12. The van der Waals surface area contributed by atoms with E-state index < -0.39 is 18.4 Å². The molecule has 0 aromatic heterocycles. The number of aliphatic carboxylic acids is 1. The summed E-state index contributed by atoms with van der Waals surface area (Å²) in [6.45, 7) is 1.61. The topological polar surface area (TPSA) is 104 Å². The number of hydrogen-bond donors (Lipinski definition) is 2. The first-order valence-corrected chi connectivity index (χ1v) is 8.39. The van der Waals surface area contributed by atoms with Crippen LogP contribution in [0.2, 0.25) is 0 Å². The molecule has 1 heterocycles. The van der Waals surface area contributed by atoms with Gasteiger partial charge in [0.1, 0.15) is 6.54 Å². The molecule has 2 N–H and O–H groups in total. The van der Waals surface area contributed by atoms with E-state index in [0.29, 0.717) is 30.0 Å². The Morgan fingerprint density at radius 2 is 1.96 bits per heavy atom. The number of hydrogen-bond acceptors (Lipinski definition) is 5. The Hall–Kier alpha value is -2.35. The van der Waals surface area contributed by atoms with Crippen LogP contribution in [0.15, 0.2) is 24.3 Å². The van der Waals surface area contributed by atoms with Crippen molar-refractivity contribution in [3.8, 4) is 0 Å². The molecule has 2 rings (SSSR count). The minimum atomic E-state index is -1.11. The SMILES string of the molecule is CC(=O)SCC1CC(=O)N(c2ccc(C(=O)NCC(=O)O)cc2)C1. The van der Waals surface area contributed by atoms with Crippen LogP contribution < -0.4 is 10.2 Å². The standard InChI is InChI=1S/C16H18N2O5S/c1-10(19)24-9-11-6-14(20)18(8-11)13-4-2-12(3-5-13)16(23)17-7-15(21)22/h2-5,11H,6-9H2,1H3,(H,17,23)(H,21,22). The van der Waals surface area contributed by atoms with Crippen molar-refractivity contribution in [3.05, 3.63) is 29.8 Å². The number of carbonyl (C=O) groups is 4. The molecule has 1 unspecified atom stereocenters. The molecule has 24 heavy (non-hydrogen) atoms. The third-order valence-corrected chi connectivity index (χ3v) is 4.61. The molecule has 8 heteroatoms. The molecule has 1 aliphatic heterocycles. The summed E-state index contributed by atoms with van der Waals surface area (Å²) in [6, 6.07) is 6.43. The van der Waals surface area contributed by atoms with E-state index in [2.05, 4.69) is 5.32 Å². The summed E-state index contributed by atoms with van der Waals surface area (Å²) >= 11 is 1.22. The van der Waals surface area contributed by atoms with Gasteiger partial charge in [-0.25, -0.2) is 0 Å². The van der Waals surface area contributed by atoms with Gasteiger partial charge in [-0.1, -0.05) is 11.8 Å². The van der Waals surface area contributed by atoms with Crippen molar-refractivity contribution >= 4 is 40.3 Å². The van der Waals surface area contributed by atoms with Crippen LogP contribution in [-0.4, -0.2) is 46.8 Å². The zero-order valence-corrected chi connectivity index (χ0v) is 14.0. The highest BCUT2D eigenvalue weighted by Gasteiger charge is 2.30. The lowest BCUT2D eigenvalue weighted by molar-refractivity contribution is -0.135. The second-order valence-corrected chi connectivity index (χ2v) is 6.70. The molecule has 0 spiro atoms. The van der Waals surface area contributed by atoms with Crippen molar-refractivity contribution in [1.82, 2.24) is 5.32 Å². The Morgan fingerprint density at radius 3 is 2.54 bits per heavy atom. The highest BCUT2D eigenvalue weighted by Crippen LogP contribution is 2.27. The Kier molecular flexibility index (Phi) is 5.97. The van der Waals surface area contributed by atoms with Crippen molar-refractivity contribution in [3.63, 3.8) is 0 Å². The van der Waals surface area contributed by atoms with Gasteiger partial charge in [-0.05, 0) is 30.2 Å². The third kappa shape index (κ3) is 4.82. The van der Waals surface area contributed by atoms with E-state index in [1.54, 1.807) is 29.2 Å². The number of anilines is 1. The van der Waals surface area contributed by atoms with Crippen molar-refractivity contribution in [1.29, 1.82) is 0 Å². The van der Waals surface area contributed by atoms with Gasteiger partial charge in [-0.2, -0.15) is 0 Å². The van der Waals surface area contributed by atoms with E-state index in [4.69, 9.17) is 5.11 Å². The molecule has 7 nitrogen and oxygen atoms in total. The number of nitrogens with zero attached hydrogens (tertiary/aromatic N) is 1. The van der Waals surface area contributed by atoms with Gasteiger partial charge < -0.3 is 15.3 Å².